The van der Waals surface area contributed by atoms with Gasteiger partial charge in [0.05, 0.1) is 16.6 Å². The van der Waals surface area contributed by atoms with Gasteiger partial charge in [-0.25, -0.2) is 14.4 Å². The van der Waals surface area contributed by atoms with E-state index in [1.165, 1.54) is 18.6 Å². The van der Waals surface area contributed by atoms with Crippen LogP contribution in [0.1, 0.15) is 20.8 Å². The number of carbonyl (C=O) groups is 1. The normalized spacial score (nSPS) is 16.3. The second kappa shape index (κ2) is 9.22. The Morgan fingerprint density at radius 1 is 1.17 bits per heavy atom. The highest BCUT2D eigenvalue weighted by Gasteiger charge is 2.31. The van der Waals surface area contributed by atoms with E-state index in [9.17, 15) is 9.18 Å². The first-order valence-electron chi connectivity index (χ1n) is 11.5. The van der Waals surface area contributed by atoms with E-state index in [0.717, 1.165) is 0 Å². The first kappa shape index (κ1) is 23.2. The van der Waals surface area contributed by atoms with Crippen molar-refractivity contribution in [2.45, 2.75) is 26.8 Å². The minimum Gasteiger partial charge on any atom is -0.350 e. The van der Waals surface area contributed by atoms with Gasteiger partial charge in [-0.1, -0.05) is 43.6 Å². The molecule has 0 radical (unpaired) electrons. The van der Waals surface area contributed by atoms with E-state index in [0.29, 0.717) is 58.5 Å². The third-order valence-corrected chi connectivity index (χ3v) is 6.49. The molecule has 0 aliphatic carbocycles. The number of benzene rings is 1. The Morgan fingerprint density at radius 3 is 2.69 bits per heavy atom. The molecule has 4 heterocycles. The van der Waals surface area contributed by atoms with Crippen LogP contribution in [0.5, 0.6) is 0 Å². The Morgan fingerprint density at radius 2 is 1.97 bits per heavy atom. The lowest BCUT2D eigenvalue weighted by atomic mass is 10.0. The van der Waals surface area contributed by atoms with E-state index < -0.39 is 0 Å². The van der Waals surface area contributed by atoms with E-state index in [4.69, 9.17) is 11.6 Å². The van der Waals surface area contributed by atoms with Crippen LogP contribution in [0.2, 0.25) is 5.02 Å². The molecule has 1 aliphatic rings. The lowest BCUT2D eigenvalue weighted by molar-refractivity contribution is -0.135. The molecule has 1 aliphatic heterocycles. The van der Waals surface area contributed by atoms with E-state index in [1.54, 1.807) is 35.0 Å². The first-order valence-corrected chi connectivity index (χ1v) is 11.9. The second-order valence-corrected chi connectivity index (χ2v) is 9.44. The average Bonchev–Trinajstić information content (AvgIpc) is 3.23. The van der Waals surface area contributed by atoms with E-state index >= 15 is 0 Å². The van der Waals surface area contributed by atoms with Crippen molar-refractivity contribution in [2.75, 3.05) is 24.5 Å². The summed E-state index contributed by atoms with van der Waals surface area (Å²) < 4.78 is 16.7. The van der Waals surface area contributed by atoms with E-state index in [-0.39, 0.29) is 23.7 Å². The third-order valence-electron chi connectivity index (χ3n) is 6.29. The Kier molecular flexibility index (Phi) is 6.10. The molecule has 0 unspecified atom stereocenters. The van der Waals surface area contributed by atoms with Crippen LogP contribution in [0.15, 0.2) is 49.1 Å². The van der Waals surface area contributed by atoms with Crippen molar-refractivity contribution in [2.24, 2.45) is 5.92 Å². The summed E-state index contributed by atoms with van der Waals surface area (Å²) in [6.07, 6.45) is 4.75. The van der Waals surface area contributed by atoms with Gasteiger partial charge in [-0.05, 0) is 13.0 Å². The molecule has 0 spiro atoms. The van der Waals surface area contributed by atoms with Gasteiger partial charge >= 0.3 is 0 Å². The summed E-state index contributed by atoms with van der Waals surface area (Å²) in [4.78, 5) is 25.8. The summed E-state index contributed by atoms with van der Waals surface area (Å²) in [5.74, 6) is 0.891. The topological polar surface area (TPSA) is 80.0 Å². The number of piperazine rings is 1. The Bertz CT molecular complexity index is 1410. The molecule has 5 rings (SSSR count). The van der Waals surface area contributed by atoms with Gasteiger partial charge < -0.3 is 9.80 Å². The Balaban J connectivity index is 1.67. The molecule has 3 aromatic heterocycles. The predicted octanol–water partition coefficient (Wildman–Crippen LogP) is 4.36. The molecule has 1 amide bonds. The Hall–Kier alpha value is -3.59. The highest BCUT2D eigenvalue weighted by atomic mass is 35.5. The van der Waals surface area contributed by atoms with Gasteiger partial charge in [0.25, 0.3) is 0 Å². The maximum atomic E-state index is 15.0. The lowest BCUT2D eigenvalue weighted by Gasteiger charge is -2.41. The van der Waals surface area contributed by atoms with Gasteiger partial charge in [-0.3, -0.25) is 9.36 Å². The van der Waals surface area contributed by atoms with Crippen LogP contribution in [0.3, 0.4) is 0 Å². The highest BCUT2D eigenvalue weighted by Crippen LogP contribution is 2.38. The molecule has 180 valence electrons. The van der Waals surface area contributed by atoms with Crippen LogP contribution >= 0.6 is 11.6 Å². The van der Waals surface area contributed by atoms with Gasteiger partial charge in [-0.15, -0.1) is 5.10 Å². The van der Waals surface area contributed by atoms with Crippen LogP contribution in [0.25, 0.3) is 28.0 Å². The van der Waals surface area contributed by atoms with Crippen molar-refractivity contribution in [3.05, 3.63) is 59.9 Å². The standard InChI is InChI=1S/C25H25ClFN7O/c1-15(2)25(35)32-8-9-33(16(3)12-32)23-22-19(18-6-4-5-7-20(18)27)13-34(24(22)29-14-28-23)21-10-17(26)11-30-31-21/h4-7,10-11,13-16H,8-9,12H2,1-3H3/t16-/m0/s1. The van der Waals surface area contributed by atoms with Crippen LogP contribution in [0, 0.1) is 11.7 Å². The fourth-order valence-electron chi connectivity index (χ4n) is 4.61. The molecule has 1 aromatic carbocycles. The SMILES string of the molecule is CC(C)C(=O)N1CCN(c2ncnc3c2c(-c2ccccc2F)cn3-c2cc(Cl)cnn2)[C@@H](C)C1. The molecule has 4 aromatic rings. The fraction of sp³-hybridized carbons (Fsp3) is 0.320. The molecule has 10 heteroatoms. The third kappa shape index (κ3) is 4.20. The number of hydrogen-bond donors (Lipinski definition) is 0. The molecule has 1 fully saturated rings. The number of amides is 1. The van der Waals surface area contributed by atoms with Gasteiger partial charge in [0.2, 0.25) is 5.91 Å². The number of anilines is 1. The van der Waals surface area contributed by atoms with Gasteiger partial charge in [0, 0.05) is 55.0 Å². The summed E-state index contributed by atoms with van der Waals surface area (Å²) in [6, 6.07) is 8.30. The summed E-state index contributed by atoms with van der Waals surface area (Å²) in [6.45, 7) is 7.66. The molecule has 35 heavy (non-hydrogen) atoms. The number of carbonyl (C=O) groups excluding carboxylic acids is 1. The second-order valence-electron chi connectivity index (χ2n) is 9.00. The van der Waals surface area contributed by atoms with Crippen LogP contribution in [-0.2, 0) is 4.79 Å². The van der Waals surface area contributed by atoms with Crippen molar-refractivity contribution in [3.8, 4) is 16.9 Å². The number of aromatic nitrogens is 5. The van der Waals surface area contributed by atoms with E-state index in [1.807, 2.05) is 18.7 Å². The number of nitrogens with zero attached hydrogens (tertiary/aromatic N) is 7. The van der Waals surface area contributed by atoms with Crippen LogP contribution in [-0.4, -0.2) is 61.2 Å². The zero-order chi connectivity index (χ0) is 24.7. The molecular weight excluding hydrogens is 469 g/mol. The summed E-state index contributed by atoms with van der Waals surface area (Å²) in [7, 11) is 0. The minimum atomic E-state index is -0.348. The molecule has 1 atom stereocenters. The summed E-state index contributed by atoms with van der Waals surface area (Å²) in [5, 5.41) is 9.30. The monoisotopic (exact) mass is 493 g/mol. The summed E-state index contributed by atoms with van der Waals surface area (Å²) >= 11 is 6.18. The molecule has 0 saturated carbocycles. The molecule has 0 N–H and O–H groups in total. The molecule has 1 saturated heterocycles. The average molecular weight is 494 g/mol. The van der Waals surface area contributed by atoms with Crippen molar-refractivity contribution < 1.29 is 9.18 Å². The van der Waals surface area contributed by atoms with Gasteiger partial charge in [-0.2, -0.15) is 5.10 Å². The van der Waals surface area contributed by atoms with Crippen molar-refractivity contribution in [1.82, 2.24) is 29.6 Å². The van der Waals surface area contributed by atoms with E-state index in [2.05, 4.69) is 32.0 Å². The number of halogens is 2. The number of hydrogen-bond acceptors (Lipinski definition) is 6. The first-order chi connectivity index (χ1) is 16.8. The molecular formula is C25H25ClFN7O. The minimum absolute atomic E-state index is 0.00679. The zero-order valence-electron chi connectivity index (χ0n) is 19.7. The van der Waals surface area contributed by atoms with Crippen LogP contribution < -0.4 is 4.90 Å². The Labute approximate surface area is 207 Å². The molecule has 0 bridgehead atoms. The zero-order valence-corrected chi connectivity index (χ0v) is 20.4. The maximum Gasteiger partial charge on any atom is 0.225 e. The van der Waals surface area contributed by atoms with Crippen molar-refractivity contribution >= 4 is 34.4 Å². The summed E-state index contributed by atoms with van der Waals surface area (Å²) in [5.41, 5.74) is 1.64. The van der Waals surface area contributed by atoms with Crippen LogP contribution in [0.4, 0.5) is 10.2 Å². The largest absolute Gasteiger partial charge is 0.350 e. The molecule has 8 nitrogen and oxygen atoms in total. The van der Waals surface area contributed by atoms with Crippen molar-refractivity contribution in [3.63, 3.8) is 0 Å². The number of fused-ring (bicyclic) bond motifs is 1. The number of rotatable bonds is 4. The maximum absolute atomic E-state index is 15.0. The lowest BCUT2D eigenvalue weighted by Crippen LogP contribution is -2.54. The van der Waals surface area contributed by atoms with Gasteiger partial charge in [0.1, 0.15) is 18.0 Å². The fourth-order valence-corrected chi connectivity index (χ4v) is 4.75. The predicted molar refractivity (Wildman–Crippen MR) is 133 cm³/mol. The quantitative estimate of drug-likeness (QED) is 0.420. The smallest absolute Gasteiger partial charge is 0.225 e. The van der Waals surface area contributed by atoms with Gasteiger partial charge in [0.15, 0.2) is 11.5 Å². The van der Waals surface area contributed by atoms with Crippen molar-refractivity contribution in [1.29, 1.82) is 0 Å². The highest BCUT2D eigenvalue weighted by molar-refractivity contribution is 6.30.